The largest absolute Gasteiger partial charge is 0.424 e. The van der Waals surface area contributed by atoms with Gasteiger partial charge in [-0.25, -0.2) is 9.97 Å². The topological polar surface area (TPSA) is 67.3 Å². The Morgan fingerprint density at radius 2 is 1.80 bits per heavy atom. The molecule has 0 spiro atoms. The molecule has 2 N–H and O–H groups in total. The fourth-order valence-corrected chi connectivity index (χ4v) is 1.80. The Hall–Kier alpha value is -1.98. The van der Waals surface area contributed by atoms with Crippen molar-refractivity contribution in [2.75, 3.05) is 0 Å². The van der Waals surface area contributed by atoms with E-state index >= 15 is 0 Å². The summed E-state index contributed by atoms with van der Waals surface area (Å²) in [6.45, 7) is 0.829. The van der Waals surface area contributed by atoms with Crippen molar-refractivity contribution in [3.05, 3.63) is 47.8 Å². The normalized spacial score (nSPS) is 14.2. The van der Waals surface area contributed by atoms with Crippen molar-refractivity contribution < 1.29 is 9.84 Å². The molecule has 5 nitrogen and oxygen atoms in total. The maximum atomic E-state index is 8.97. The Morgan fingerprint density at radius 3 is 2.40 bits per heavy atom. The summed E-state index contributed by atoms with van der Waals surface area (Å²) < 4.78 is 5.55. The van der Waals surface area contributed by atoms with Gasteiger partial charge in [0, 0.05) is 30.5 Å². The van der Waals surface area contributed by atoms with Crippen LogP contribution in [-0.4, -0.2) is 21.1 Å². The number of nitrogens with one attached hydrogen (secondary N) is 1. The van der Waals surface area contributed by atoms with Crippen LogP contribution < -0.4 is 10.1 Å². The summed E-state index contributed by atoms with van der Waals surface area (Å²) in [5.41, 5.74) is 1.90. The van der Waals surface area contributed by atoms with Crippen LogP contribution in [0, 0.1) is 0 Å². The lowest BCUT2D eigenvalue weighted by Gasteiger charge is -2.06. The quantitative estimate of drug-likeness (QED) is 0.841. The lowest BCUT2D eigenvalue weighted by molar-refractivity contribution is 0.281. The van der Waals surface area contributed by atoms with E-state index in [1.54, 1.807) is 24.5 Å². The molecule has 2 aromatic rings. The van der Waals surface area contributed by atoms with Gasteiger partial charge >= 0.3 is 6.01 Å². The van der Waals surface area contributed by atoms with Crippen molar-refractivity contribution in [2.24, 2.45) is 0 Å². The van der Waals surface area contributed by atoms with E-state index in [1.165, 1.54) is 12.8 Å². The molecular formula is C15H17N3O2. The van der Waals surface area contributed by atoms with Crippen LogP contribution in [0.15, 0.2) is 36.7 Å². The predicted molar refractivity (Wildman–Crippen MR) is 74.3 cm³/mol. The highest BCUT2D eigenvalue weighted by atomic mass is 16.5. The van der Waals surface area contributed by atoms with Crippen LogP contribution >= 0.6 is 0 Å². The molecule has 104 valence electrons. The predicted octanol–water partition coefficient (Wildman–Crippen LogP) is 2.01. The Labute approximate surface area is 117 Å². The monoisotopic (exact) mass is 271 g/mol. The van der Waals surface area contributed by atoms with Crippen molar-refractivity contribution in [1.82, 2.24) is 15.3 Å². The number of hydrogen-bond donors (Lipinski definition) is 2. The van der Waals surface area contributed by atoms with E-state index < -0.39 is 0 Å². The molecule has 1 fully saturated rings. The first kappa shape index (κ1) is 13.0. The molecule has 3 rings (SSSR count). The molecule has 1 saturated carbocycles. The van der Waals surface area contributed by atoms with E-state index in [4.69, 9.17) is 9.84 Å². The Kier molecular flexibility index (Phi) is 3.90. The van der Waals surface area contributed by atoms with Crippen molar-refractivity contribution in [3.8, 4) is 11.8 Å². The van der Waals surface area contributed by atoms with Crippen molar-refractivity contribution in [1.29, 1.82) is 0 Å². The van der Waals surface area contributed by atoms with Gasteiger partial charge in [-0.3, -0.25) is 0 Å². The second-order valence-corrected chi connectivity index (χ2v) is 4.93. The van der Waals surface area contributed by atoms with Crippen LogP contribution in [-0.2, 0) is 13.2 Å². The van der Waals surface area contributed by atoms with Crippen LogP contribution in [0.2, 0.25) is 0 Å². The second kappa shape index (κ2) is 5.98. The van der Waals surface area contributed by atoms with Gasteiger partial charge < -0.3 is 15.2 Å². The van der Waals surface area contributed by atoms with Gasteiger partial charge in [0.2, 0.25) is 0 Å². The van der Waals surface area contributed by atoms with Crippen LogP contribution in [0.25, 0.3) is 0 Å². The highest BCUT2D eigenvalue weighted by molar-refractivity contribution is 5.28. The minimum atomic E-state index is 0.0273. The first-order chi connectivity index (χ1) is 9.83. The van der Waals surface area contributed by atoms with Gasteiger partial charge in [-0.2, -0.15) is 0 Å². The first-order valence-corrected chi connectivity index (χ1v) is 6.75. The number of aromatic nitrogens is 2. The van der Waals surface area contributed by atoms with E-state index in [1.807, 2.05) is 12.1 Å². The summed E-state index contributed by atoms with van der Waals surface area (Å²) in [7, 11) is 0. The van der Waals surface area contributed by atoms with Gasteiger partial charge in [0.25, 0.3) is 0 Å². The summed E-state index contributed by atoms with van der Waals surface area (Å²) in [6, 6.07) is 8.20. The smallest absolute Gasteiger partial charge is 0.321 e. The molecule has 0 amide bonds. The zero-order valence-corrected chi connectivity index (χ0v) is 11.1. The highest BCUT2D eigenvalue weighted by Crippen LogP contribution is 2.20. The molecular weight excluding hydrogens is 254 g/mol. The molecule has 1 aromatic carbocycles. The third-order valence-corrected chi connectivity index (χ3v) is 3.17. The van der Waals surface area contributed by atoms with E-state index in [9.17, 15) is 0 Å². The first-order valence-electron chi connectivity index (χ1n) is 6.75. The molecule has 1 aromatic heterocycles. The SMILES string of the molecule is OCc1ccc(Oc2ncc(CNC3CC3)cn2)cc1. The molecule has 1 aliphatic carbocycles. The number of benzene rings is 1. The third kappa shape index (κ3) is 3.53. The van der Waals surface area contributed by atoms with E-state index in [0.29, 0.717) is 17.8 Å². The Balaban J connectivity index is 1.58. The fraction of sp³-hybridized carbons (Fsp3) is 0.333. The van der Waals surface area contributed by atoms with E-state index in [0.717, 1.165) is 17.7 Å². The number of ether oxygens (including phenoxy) is 1. The van der Waals surface area contributed by atoms with Crippen molar-refractivity contribution in [2.45, 2.75) is 32.0 Å². The number of aliphatic hydroxyl groups is 1. The molecule has 0 unspecified atom stereocenters. The van der Waals surface area contributed by atoms with Crippen molar-refractivity contribution in [3.63, 3.8) is 0 Å². The molecule has 20 heavy (non-hydrogen) atoms. The van der Waals surface area contributed by atoms with E-state index in [2.05, 4.69) is 15.3 Å². The van der Waals surface area contributed by atoms with Crippen LogP contribution in [0.4, 0.5) is 0 Å². The molecule has 0 bridgehead atoms. The van der Waals surface area contributed by atoms with Crippen molar-refractivity contribution >= 4 is 0 Å². The number of aliphatic hydroxyl groups excluding tert-OH is 1. The summed E-state index contributed by atoms with van der Waals surface area (Å²) in [5, 5.41) is 12.4. The van der Waals surface area contributed by atoms with Crippen LogP contribution in [0.3, 0.4) is 0 Å². The van der Waals surface area contributed by atoms with Gasteiger partial charge in [-0.15, -0.1) is 0 Å². The lowest BCUT2D eigenvalue weighted by atomic mass is 10.2. The maximum Gasteiger partial charge on any atom is 0.321 e. The fourth-order valence-electron chi connectivity index (χ4n) is 1.80. The van der Waals surface area contributed by atoms with Gasteiger partial charge in [0.05, 0.1) is 6.61 Å². The standard InChI is InChI=1S/C15H17N3O2/c19-10-11-1-5-14(6-2-11)20-15-17-8-12(9-18-15)7-16-13-3-4-13/h1-2,5-6,8-9,13,16,19H,3-4,7,10H2. The summed E-state index contributed by atoms with van der Waals surface area (Å²) in [5.74, 6) is 0.658. The van der Waals surface area contributed by atoms with Crippen LogP contribution in [0.1, 0.15) is 24.0 Å². The van der Waals surface area contributed by atoms with E-state index in [-0.39, 0.29) is 6.61 Å². The summed E-state index contributed by atoms with van der Waals surface area (Å²) in [6.07, 6.45) is 6.09. The minimum Gasteiger partial charge on any atom is -0.424 e. The molecule has 0 aliphatic heterocycles. The Bertz CT molecular complexity index is 550. The maximum absolute atomic E-state index is 8.97. The van der Waals surface area contributed by atoms with Crippen LogP contribution in [0.5, 0.6) is 11.8 Å². The zero-order chi connectivity index (χ0) is 13.8. The lowest BCUT2D eigenvalue weighted by Crippen LogP contribution is -2.15. The van der Waals surface area contributed by atoms with Gasteiger partial charge in [0.1, 0.15) is 5.75 Å². The number of hydrogen-bond acceptors (Lipinski definition) is 5. The average Bonchev–Trinajstić information content (AvgIpc) is 3.32. The molecule has 1 aliphatic rings. The van der Waals surface area contributed by atoms with Gasteiger partial charge in [-0.05, 0) is 30.5 Å². The Morgan fingerprint density at radius 1 is 1.10 bits per heavy atom. The molecule has 0 saturated heterocycles. The summed E-state index contributed by atoms with van der Waals surface area (Å²) in [4.78, 5) is 8.38. The zero-order valence-electron chi connectivity index (χ0n) is 11.1. The third-order valence-electron chi connectivity index (χ3n) is 3.17. The molecule has 0 radical (unpaired) electrons. The molecule has 1 heterocycles. The highest BCUT2D eigenvalue weighted by Gasteiger charge is 2.19. The van der Waals surface area contributed by atoms with Gasteiger partial charge in [0.15, 0.2) is 0 Å². The van der Waals surface area contributed by atoms with Gasteiger partial charge in [-0.1, -0.05) is 12.1 Å². The molecule has 0 atom stereocenters. The molecule has 5 heteroatoms. The summed E-state index contributed by atoms with van der Waals surface area (Å²) >= 11 is 0. The number of nitrogens with zero attached hydrogens (tertiary/aromatic N) is 2. The number of rotatable bonds is 6. The second-order valence-electron chi connectivity index (χ2n) is 4.93. The average molecular weight is 271 g/mol. The minimum absolute atomic E-state index is 0.0273.